The summed E-state index contributed by atoms with van der Waals surface area (Å²) in [4.78, 5) is 22.9. The number of anilines is 2. The van der Waals surface area contributed by atoms with Crippen molar-refractivity contribution in [3.05, 3.63) is 46.8 Å². The van der Waals surface area contributed by atoms with E-state index in [1.54, 1.807) is 24.5 Å². The molecule has 21 heavy (non-hydrogen) atoms. The van der Waals surface area contributed by atoms with Gasteiger partial charge in [-0.3, -0.25) is 4.79 Å². The number of nitrogens with one attached hydrogen (secondary N) is 1. The van der Waals surface area contributed by atoms with Gasteiger partial charge in [0, 0.05) is 19.3 Å². The quantitative estimate of drug-likeness (QED) is 0.867. The summed E-state index contributed by atoms with van der Waals surface area (Å²) in [5, 5.41) is 2.83. The van der Waals surface area contributed by atoms with Crippen LogP contribution in [0.2, 0.25) is 0 Å². The number of aromatic nitrogens is 2. The Morgan fingerprint density at radius 3 is 2.67 bits per heavy atom. The number of hydrogen-bond donors (Lipinski definition) is 1. The average molecular weight is 347 g/mol. The minimum atomic E-state index is -0.203. The van der Waals surface area contributed by atoms with Gasteiger partial charge in [0.15, 0.2) is 0 Å². The van der Waals surface area contributed by atoms with E-state index < -0.39 is 0 Å². The summed E-state index contributed by atoms with van der Waals surface area (Å²) >= 11 is 3.27. The fraction of sp³-hybridized carbons (Fsp3) is 0.267. The minimum absolute atomic E-state index is 0.203. The molecule has 3 rings (SSSR count). The van der Waals surface area contributed by atoms with E-state index in [-0.39, 0.29) is 5.91 Å². The van der Waals surface area contributed by atoms with Crippen LogP contribution in [0.4, 0.5) is 11.5 Å². The number of amides is 1. The lowest BCUT2D eigenvalue weighted by Gasteiger charge is -2.16. The van der Waals surface area contributed by atoms with Gasteiger partial charge in [0.1, 0.15) is 10.4 Å². The van der Waals surface area contributed by atoms with Crippen LogP contribution in [0.3, 0.4) is 0 Å². The monoisotopic (exact) mass is 346 g/mol. The lowest BCUT2D eigenvalue weighted by Crippen LogP contribution is -2.19. The van der Waals surface area contributed by atoms with Crippen molar-refractivity contribution in [2.75, 3.05) is 23.3 Å². The van der Waals surface area contributed by atoms with Crippen molar-refractivity contribution in [2.24, 2.45) is 0 Å². The normalized spacial score (nSPS) is 14.2. The van der Waals surface area contributed by atoms with Gasteiger partial charge in [-0.2, -0.15) is 0 Å². The van der Waals surface area contributed by atoms with Crippen molar-refractivity contribution < 1.29 is 4.79 Å². The highest BCUT2D eigenvalue weighted by atomic mass is 79.9. The second kappa shape index (κ2) is 6.22. The van der Waals surface area contributed by atoms with Crippen LogP contribution in [0, 0.1) is 0 Å². The molecule has 0 radical (unpaired) electrons. The Balaban J connectivity index is 1.70. The molecule has 1 aliphatic heterocycles. The molecule has 0 unspecified atom stereocenters. The van der Waals surface area contributed by atoms with Crippen LogP contribution in [0.1, 0.15) is 23.2 Å². The molecule has 0 aromatic carbocycles. The first-order chi connectivity index (χ1) is 10.2. The van der Waals surface area contributed by atoms with Gasteiger partial charge in [0.25, 0.3) is 5.91 Å². The largest absolute Gasteiger partial charge is 0.357 e. The fourth-order valence-electron chi connectivity index (χ4n) is 2.35. The van der Waals surface area contributed by atoms with E-state index in [4.69, 9.17) is 0 Å². The number of halogens is 1. The van der Waals surface area contributed by atoms with Crippen molar-refractivity contribution in [1.29, 1.82) is 0 Å². The molecule has 108 valence electrons. The summed E-state index contributed by atoms with van der Waals surface area (Å²) in [6, 6.07) is 7.27. The minimum Gasteiger partial charge on any atom is -0.357 e. The van der Waals surface area contributed by atoms with Crippen LogP contribution in [-0.2, 0) is 0 Å². The lowest BCUT2D eigenvalue weighted by molar-refractivity contribution is 0.102. The van der Waals surface area contributed by atoms with Gasteiger partial charge in [-0.15, -0.1) is 0 Å². The Kier molecular flexibility index (Phi) is 4.15. The SMILES string of the molecule is O=C(Nc1ccc(N2CCCC2)nc1)c1cccnc1Br. The third-order valence-electron chi connectivity index (χ3n) is 3.44. The molecule has 1 fully saturated rings. The van der Waals surface area contributed by atoms with E-state index in [2.05, 4.69) is 36.1 Å². The zero-order chi connectivity index (χ0) is 14.7. The van der Waals surface area contributed by atoms with E-state index in [0.29, 0.717) is 15.9 Å². The third kappa shape index (κ3) is 3.21. The van der Waals surface area contributed by atoms with Crippen LogP contribution in [0.15, 0.2) is 41.3 Å². The van der Waals surface area contributed by atoms with Gasteiger partial charge in [0.2, 0.25) is 0 Å². The standard InChI is InChI=1S/C15H15BrN4O/c16-14-12(4-3-7-17-14)15(21)19-11-5-6-13(18-10-11)20-8-1-2-9-20/h3-7,10H,1-2,8-9H2,(H,19,21). The number of carbonyl (C=O) groups excluding carboxylic acids is 1. The van der Waals surface area contributed by atoms with E-state index in [9.17, 15) is 4.79 Å². The van der Waals surface area contributed by atoms with E-state index in [1.807, 2.05) is 12.1 Å². The van der Waals surface area contributed by atoms with Crippen molar-refractivity contribution in [2.45, 2.75) is 12.8 Å². The van der Waals surface area contributed by atoms with Crippen molar-refractivity contribution in [3.63, 3.8) is 0 Å². The summed E-state index contributed by atoms with van der Waals surface area (Å²) in [6.07, 6.45) is 5.76. The van der Waals surface area contributed by atoms with Gasteiger partial charge >= 0.3 is 0 Å². The highest BCUT2D eigenvalue weighted by Gasteiger charge is 2.14. The maximum absolute atomic E-state index is 12.2. The second-order valence-electron chi connectivity index (χ2n) is 4.90. The number of rotatable bonds is 3. The molecule has 1 aliphatic rings. The molecule has 0 saturated carbocycles. The van der Waals surface area contributed by atoms with Crippen LogP contribution in [0.5, 0.6) is 0 Å². The summed E-state index contributed by atoms with van der Waals surface area (Å²) in [5.41, 5.74) is 1.18. The van der Waals surface area contributed by atoms with Crippen LogP contribution in [0.25, 0.3) is 0 Å². The first-order valence-corrected chi connectivity index (χ1v) is 7.66. The molecule has 0 bridgehead atoms. The van der Waals surface area contributed by atoms with Crippen LogP contribution >= 0.6 is 15.9 Å². The maximum Gasteiger partial charge on any atom is 0.258 e. The molecule has 0 atom stereocenters. The van der Waals surface area contributed by atoms with Gasteiger partial charge in [0.05, 0.1) is 17.4 Å². The molecule has 1 N–H and O–H groups in total. The van der Waals surface area contributed by atoms with E-state index in [1.165, 1.54) is 12.8 Å². The van der Waals surface area contributed by atoms with Crippen LogP contribution < -0.4 is 10.2 Å². The predicted molar refractivity (Wildman–Crippen MR) is 85.6 cm³/mol. The molecule has 1 saturated heterocycles. The van der Waals surface area contributed by atoms with Gasteiger partial charge in [-0.1, -0.05) is 0 Å². The summed E-state index contributed by atoms with van der Waals surface area (Å²) in [7, 11) is 0. The molecule has 0 spiro atoms. The van der Waals surface area contributed by atoms with Gasteiger partial charge in [-0.25, -0.2) is 9.97 Å². The number of hydrogen-bond acceptors (Lipinski definition) is 4. The highest BCUT2D eigenvalue weighted by molar-refractivity contribution is 9.10. The molecular weight excluding hydrogens is 332 g/mol. The Labute approximate surface area is 131 Å². The third-order valence-corrected chi connectivity index (χ3v) is 4.07. The highest BCUT2D eigenvalue weighted by Crippen LogP contribution is 2.20. The first kappa shape index (κ1) is 14.0. The van der Waals surface area contributed by atoms with Gasteiger partial charge < -0.3 is 10.2 Å². The summed E-state index contributed by atoms with van der Waals surface area (Å²) in [6.45, 7) is 2.11. The molecular formula is C15H15BrN4O. The fourth-order valence-corrected chi connectivity index (χ4v) is 2.78. The van der Waals surface area contributed by atoms with Crippen LogP contribution in [-0.4, -0.2) is 29.0 Å². The van der Waals surface area contributed by atoms with Crippen molar-refractivity contribution in [3.8, 4) is 0 Å². The average Bonchev–Trinajstić information content (AvgIpc) is 3.02. The number of nitrogens with zero attached hydrogens (tertiary/aromatic N) is 3. The number of pyridine rings is 2. The Morgan fingerprint density at radius 2 is 2.00 bits per heavy atom. The topological polar surface area (TPSA) is 58.1 Å². The summed E-state index contributed by atoms with van der Waals surface area (Å²) < 4.78 is 0.532. The lowest BCUT2D eigenvalue weighted by atomic mass is 10.2. The molecule has 5 nitrogen and oxygen atoms in total. The van der Waals surface area contributed by atoms with Gasteiger partial charge in [-0.05, 0) is 53.0 Å². The molecule has 6 heteroatoms. The van der Waals surface area contributed by atoms with E-state index in [0.717, 1.165) is 18.9 Å². The predicted octanol–water partition coefficient (Wildman–Crippen LogP) is 3.09. The first-order valence-electron chi connectivity index (χ1n) is 6.87. The molecule has 3 heterocycles. The zero-order valence-corrected chi connectivity index (χ0v) is 13.0. The smallest absolute Gasteiger partial charge is 0.258 e. The van der Waals surface area contributed by atoms with Crippen molar-refractivity contribution >= 4 is 33.3 Å². The maximum atomic E-state index is 12.2. The Hall–Kier alpha value is -1.95. The Bertz CT molecular complexity index is 638. The number of carbonyl (C=O) groups is 1. The molecule has 2 aromatic heterocycles. The van der Waals surface area contributed by atoms with Crippen molar-refractivity contribution in [1.82, 2.24) is 9.97 Å². The molecule has 0 aliphatic carbocycles. The second-order valence-corrected chi connectivity index (χ2v) is 5.65. The summed E-state index contributed by atoms with van der Waals surface area (Å²) in [5.74, 6) is 0.763. The van der Waals surface area contributed by atoms with E-state index >= 15 is 0 Å². The Morgan fingerprint density at radius 1 is 1.19 bits per heavy atom. The molecule has 2 aromatic rings. The molecule has 1 amide bonds. The zero-order valence-electron chi connectivity index (χ0n) is 11.4.